The van der Waals surface area contributed by atoms with Gasteiger partial charge in [-0.05, 0) is 26.7 Å². The fraction of sp³-hybridized carbons (Fsp3) is 0.667. The smallest absolute Gasteiger partial charge is 0.0847 e. The molecule has 0 spiro atoms. The van der Waals surface area contributed by atoms with Crippen LogP contribution in [0.15, 0.2) is 0 Å². The van der Waals surface area contributed by atoms with Crippen molar-refractivity contribution in [2.75, 3.05) is 5.33 Å². The summed E-state index contributed by atoms with van der Waals surface area (Å²) in [5.41, 5.74) is 2.11. The molecule has 1 aromatic rings. The van der Waals surface area contributed by atoms with E-state index in [1.165, 1.54) is 5.69 Å². The minimum atomic E-state index is 0.836. The molecular formula is C9H14BrClN2. The van der Waals surface area contributed by atoms with E-state index < -0.39 is 0 Å². The summed E-state index contributed by atoms with van der Waals surface area (Å²) >= 11 is 9.54. The molecule has 0 atom stereocenters. The lowest BCUT2D eigenvalue weighted by Crippen LogP contribution is -2.03. The van der Waals surface area contributed by atoms with Crippen LogP contribution in [0.4, 0.5) is 0 Å². The molecule has 0 aliphatic heterocycles. The van der Waals surface area contributed by atoms with E-state index in [4.69, 9.17) is 11.6 Å². The van der Waals surface area contributed by atoms with Gasteiger partial charge in [-0.1, -0.05) is 27.5 Å². The fourth-order valence-corrected chi connectivity index (χ4v) is 1.85. The highest BCUT2D eigenvalue weighted by atomic mass is 79.9. The van der Waals surface area contributed by atoms with Gasteiger partial charge in [0.05, 0.1) is 16.4 Å². The minimum absolute atomic E-state index is 0.836. The van der Waals surface area contributed by atoms with Gasteiger partial charge in [-0.3, -0.25) is 4.68 Å². The van der Waals surface area contributed by atoms with Crippen molar-refractivity contribution in [1.29, 1.82) is 0 Å². The molecular weight excluding hydrogens is 251 g/mol. The second-order valence-electron chi connectivity index (χ2n) is 2.95. The van der Waals surface area contributed by atoms with E-state index in [1.54, 1.807) is 0 Å². The summed E-state index contributed by atoms with van der Waals surface area (Å²) in [7, 11) is 0. The molecule has 2 nitrogen and oxygen atoms in total. The van der Waals surface area contributed by atoms with Crippen LogP contribution in [0.3, 0.4) is 0 Å². The molecule has 0 unspecified atom stereocenters. The van der Waals surface area contributed by atoms with Crippen LogP contribution >= 0.6 is 27.5 Å². The molecule has 1 rings (SSSR count). The fourth-order valence-electron chi connectivity index (χ4n) is 1.34. The normalized spacial score (nSPS) is 10.8. The topological polar surface area (TPSA) is 17.8 Å². The second kappa shape index (κ2) is 5.01. The predicted octanol–water partition coefficient (Wildman–Crippen LogP) is 3.19. The third-order valence-electron chi connectivity index (χ3n) is 2.00. The molecule has 4 heteroatoms. The largest absolute Gasteiger partial charge is 0.268 e. The monoisotopic (exact) mass is 264 g/mol. The number of hydrogen-bond donors (Lipinski definition) is 0. The van der Waals surface area contributed by atoms with Crippen LogP contribution < -0.4 is 0 Å². The van der Waals surface area contributed by atoms with Crippen molar-refractivity contribution in [3.63, 3.8) is 0 Å². The Kier molecular flexibility index (Phi) is 4.26. The molecule has 0 N–H and O–H groups in total. The van der Waals surface area contributed by atoms with Gasteiger partial charge in [0, 0.05) is 11.9 Å². The van der Waals surface area contributed by atoms with Crippen molar-refractivity contribution < 1.29 is 0 Å². The maximum absolute atomic E-state index is 6.13. The summed E-state index contributed by atoms with van der Waals surface area (Å²) in [6.45, 7) is 4.93. The van der Waals surface area contributed by atoms with Gasteiger partial charge in [0.1, 0.15) is 0 Å². The summed E-state index contributed by atoms with van der Waals surface area (Å²) in [6.07, 6.45) is 2.10. The number of rotatable bonds is 4. The Hall–Kier alpha value is -0.0200. The number of nitrogens with zero attached hydrogens (tertiary/aromatic N) is 2. The average Bonchev–Trinajstić information content (AvgIpc) is 2.40. The van der Waals surface area contributed by atoms with Gasteiger partial charge in [0.25, 0.3) is 0 Å². The zero-order valence-corrected chi connectivity index (χ0v) is 10.3. The van der Waals surface area contributed by atoms with Crippen molar-refractivity contribution in [1.82, 2.24) is 9.78 Å². The lowest BCUT2D eigenvalue weighted by molar-refractivity contribution is 0.613. The van der Waals surface area contributed by atoms with Gasteiger partial charge in [-0.15, -0.1) is 0 Å². The summed E-state index contributed by atoms with van der Waals surface area (Å²) in [6, 6.07) is 0. The Morgan fingerprint density at radius 2 is 2.23 bits per heavy atom. The van der Waals surface area contributed by atoms with Gasteiger partial charge >= 0.3 is 0 Å². The molecule has 0 aliphatic carbocycles. The van der Waals surface area contributed by atoms with E-state index in [1.807, 2.05) is 11.6 Å². The van der Waals surface area contributed by atoms with E-state index >= 15 is 0 Å². The molecule has 0 amide bonds. The Labute approximate surface area is 92.4 Å². The standard InChI is InChI=1S/C9H14BrClN2/c1-3-13-8(5-4-6-10)9(11)7(2)12-13/h3-6H2,1-2H3. The third-order valence-corrected chi connectivity index (χ3v) is 3.05. The molecule has 0 aliphatic rings. The van der Waals surface area contributed by atoms with Crippen LogP contribution in [0.25, 0.3) is 0 Å². The highest BCUT2D eigenvalue weighted by Gasteiger charge is 2.11. The first-order valence-electron chi connectivity index (χ1n) is 4.48. The first kappa shape index (κ1) is 11.1. The van der Waals surface area contributed by atoms with E-state index in [0.717, 1.165) is 35.4 Å². The number of hydrogen-bond acceptors (Lipinski definition) is 1. The lowest BCUT2D eigenvalue weighted by atomic mass is 10.2. The van der Waals surface area contributed by atoms with Gasteiger partial charge in [-0.25, -0.2) is 0 Å². The van der Waals surface area contributed by atoms with E-state index in [-0.39, 0.29) is 0 Å². The van der Waals surface area contributed by atoms with Crippen LogP contribution in [0.5, 0.6) is 0 Å². The predicted molar refractivity (Wildman–Crippen MR) is 59.8 cm³/mol. The SMILES string of the molecule is CCn1nc(C)c(Cl)c1CCCBr. The molecule has 0 aromatic carbocycles. The van der Waals surface area contributed by atoms with Crippen molar-refractivity contribution in [3.8, 4) is 0 Å². The van der Waals surface area contributed by atoms with Crippen molar-refractivity contribution in [3.05, 3.63) is 16.4 Å². The van der Waals surface area contributed by atoms with Crippen LogP contribution in [-0.4, -0.2) is 15.1 Å². The maximum atomic E-state index is 6.13. The number of aromatic nitrogens is 2. The quantitative estimate of drug-likeness (QED) is 0.765. The molecule has 0 saturated heterocycles. The first-order valence-corrected chi connectivity index (χ1v) is 5.98. The third kappa shape index (κ3) is 2.47. The summed E-state index contributed by atoms with van der Waals surface area (Å²) in [5, 5.41) is 6.20. The lowest BCUT2D eigenvalue weighted by Gasteiger charge is -2.03. The Balaban J connectivity index is 2.88. The number of halogens is 2. The van der Waals surface area contributed by atoms with Crippen molar-refractivity contribution in [2.24, 2.45) is 0 Å². The maximum Gasteiger partial charge on any atom is 0.0847 e. The molecule has 0 fully saturated rings. The summed E-state index contributed by atoms with van der Waals surface area (Å²) in [5.74, 6) is 0. The highest BCUT2D eigenvalue weighted by molar-refractivity contribution is 9.09. The molecule has 74 valence electrons. The Bertz CT molecular complexity index is 283. The van der Waals surface area contributed by atoms with Gasteiger partial charge < -0.3 is 0 Å². The molecule has 13 heavy (non-hydrogen) atoms. The van der Waals surface area contributed by atoms with Crippen LogP contribution in [0.1, 0.15) is 24.7 Å². The minimum Gasteiger partial charge on any atom is -0.268 e. The van der Waals surface area contributed by atoms with Crippen LogP contribution in [-0.2, 0) is 13.0 Å². The molecule has 0 radical (unpaired) electrons. The van der Waals surface area contributed by atoms with Gasteiger partial charge in [0.15, 0.2) is 0 Å². The zero-order valence-electron chi connectivity index (χ0n) is 7.98. The molecule has 0 saturated carbocycles. The molecule has 1 heterocycles. The average molecular weight is 266 g/mol. The van der Waals surface area contributed by atoms with E-state index in [2.05, 4.69) is 28.0 Å². The first-order chi connectivity index (χ1) is 6.20. The highest BCUT2D eigenvalue weighted by Crippen LogP contribution is 2.21. The summed E-state index contributed by atoms with van der Waals surface area (Å²) in [4.78, 5) is 0. The van der Waals surface area contributed by atoms with Gasteiger partial charge in [-0.2, -0.15) is 5.10 Å². The Morgan fingerprint density at radius 3 is 2.77 bits per heavy atom. The molecule has 0 bridgehead atoms. The molecule has 1 aromatic heterocycles. The van der Waals surface area contributed by atoms with Crippen LogP contribution in [0.2, 0.25) is 5.02 Å². The second-order valence-corrected chi connectivity index (χ2v) is 4.13. The van der Waals surface area contributed by atoms with Gasteiger partial charge in [0.2, 0.25) is 0 Å². The zero-order chi connectivity index (χ0) is 9.84. The van der Waals surface area contributed by atoms with Crippen molar-refractivity contribution in [2.45, 2.75) is 33.2 Å². The number of alkyl halides is 1. The Morgan fingerprint density at radius 1 is 1.54 bits per heavy atom. The van der Waals surface area contributed by atoms with Crippen molar-refractivity contribution >= 4 is 27.5 Å². The summed E-state index contributed by atoms with van der Waals surface area (Å²) < 4.78 is 1.99. The van der Waals surface area contributed by atoms with Crippen LogP contribution in [0, 0.1) is 6.92 Å². The van der Waals surface area contributed by atoms with E-state index in [0.29, 0.717) is 0 Å². The van der Waals surface area contributed by atoms with E-state index in [9.17, 15) is 0 Å². The number of aryl methyl sites for hydroxylation is 2.